The Hall–Kier alpha value is -1.97. The maximum atomic E-state index is 11.2. The Morgan fingerprint density at radius 3 is 2.95 bits per heavy atom. The van der Waals surface area contributed by atoms with Crippen molar-refractivity contribution in [3.63, 3.8) is 0 Å². The van der Waals surface area contributed by atoms with Gasteiger partial charge < -0.3 is 9.47 Å². The van der Waals surface area contributed by atoms with E-state index in [1.165, 1.54) is 23.8 Å². The monoisotopic (exact) mass is 287 g/mol. The van der Waals surface area contributed by atoms with E-state index in [4.69, 9.17) is 4.74 Å². The van der Waals surface area contributed by atoms with Crippen LogP contribution in [0.1, 0.15) is 28.7 Å². The second-order valence-electron chi connectivity index (χ2n) is 5.47. The van der Waals surface area contributed by atoms with Crippen LogP contribution in [0.3, 0.4) is 0 Å². The highest BCUT2D eigenvalue weighted by atomic mass is 16.6. The third-order valence-electron chi connectivity index (χ3n) is 4.27. The number of esters is 1. The topological polar surface area (TPSA) is 65.0 Å². The molecule has 0 amide bonds. The Labute approximate surface area is 123 Å². The van der Waals surface area contributed by atoms with Crippen LogP contribution in [0.25, 0.3) is 0 Å². The number of hydrogen-bond acceptors (Lipinski definition) is 5. The first-order valence-corrected chi connectivity index (χ1v) is 7.15. The van der Waals surface area contributed by atoms with Crippen molar-refractivity contribution in [3.05, 3.63) is 28.3 Å². The third-order valence-corrected chi connectivity index (χ3v) is 4.27. The molecule has 2 aliphatic rings. The summed E-state index contributed by atoms with van der Waals surface area (Å²) in [6.07, 6.45) is 6.18. The van der Waals surface area contributed by atoms with Crippen molar-refractivity contribution in [1.29, 1.82) is 0 Å². The number of benzene rings is 1. The number of carbonyl (C=O) groups excluding carboxylic acids is 2. The molecule has 3 rings (SSSR count). The minimum Gasteiger partial charge on any atom is -0.467 e. The molecule has 110 valence electrons. The Balaban J connectivity index is 1.84. The minimum absolute atomic E-state index is 0.0405. The van der Waals surface area contributed by atoms with Gasteiger partial charge in [-0.05, 0) is 47.9 Å². The average Bonchev–Trinajstić information content (AvgIpc) is 3.10. The van der Waals surface area contributed by atoms with E-state index >= 15 is 0 Å². The molecule has 0 fully saturated rings. The van der Waals surface area contributed by atoms with Gasteiger partial charge in [0.25, 0.3) is 0 Å². The largest absolute Gasteiger partial charge is 0.467 e. The molecule has 1 unspecified atom stereocenters. The summed E-state index contributed by atoms with van der Waals surface area (Å²) in [4.78, 5) is 25.8. The maximum Gasteiger partial charge on any atom is 0.331 e. The van der Waals surface area contributed by atoms with Crippen molar-refractivity contribution >= 4 is 17.7 Å². The number of carbonyl (C=O) groups is 1. The number of ether oxygens (including phenoxy) is 2. The molecule has 0 heterocycles. The van der Waals surface area contributed by atoms with E-state index < -0.39 is 0 Å². The predicted octanol–water partition coefficient (Wildman–Crippen LogP) is 1.80. The highest BCUT2D eigenvalue weighted by Gasteiger charge is 2.29. The van der Waals surface area contributed by atoms with Crippen LogP contribution in [0.5, 0.6) is 0 Å². The zero-order valence-electron chi connectivity index (χ0n) is 12.0. The lowest BCUT2D eigenvalue weighted by atomic mass is 9.99. The first-order valence-electron chi connectivity index (χ1n) is 7.15. The van der Waals surface area contributed by atoms with Gasteiger partial charge in [0.05, 0.1) is 18.9 Å². The standard InChI is InChI=1S/C16H17NO4/c1-20-15(19)8-21-12-6-11-5-10-3-2-4-13(10)16(17-9-18)14(11)7-12/h5,12H,2-4,6-8H2,1H3. The number of nitrogens with zero attached hydrogens (tertiary/aromatic N) is 1. The molecule has 0 saturated heterocycles. The van der Waals surface area contributed by atoms with Crippen molar-refractivity contribution in [2.24, 2.45) is 4.99 Å². The number of hydrogen-bond donors (Lipinski definition) is 0. The molecule has 2 aliphatic carbocycles. The summed E-state index contributed by atoms with van der Waals surface area (Å²) in [7, 11) is 1.34. The first kappa shape index (κ1) is 14.0. The van der Waals surface area contributed by atoms with Gasteiger partial charge >= 0.3 is 5.97 Å². The minimum atomic E-state index is -0.375. The molecule has 1 atom stereocenters. The normalized spacial score (nSPS) is 18.8. The van der Waals surface area contributed by atoms with Crippen molar-refractivity contribution in [2.45, 2.75) is 38.2 Å². The summed E-state index contributed by atoms with van der Waals surface area (Å²) in [5, 5.41) is 0. The average molecular weight is 287 g/mol. The van der Waals surface area contributed by atoms with Gasteiger partial charge in [-0.15, -0.1) is 0 Å². The molecule has 0 saturated carbocycles. The van der Waals surface area contributed by atoms with Gasteiger partial charge in [-0.3, -0.25) is 0 Å². The second-order valence-corrected chi connectivity index (χ2v) is 5.47. The zero-order valence-corrected chi connectivity index (χ0v) is 12.0. The quantitative estimate of drug-likeness (QED) is 0.481. The second kappa shape index (κ2) is 5.80. The molecule has 1 aromatic rings. The summed E-state index contributed by atoms with van der Waals surface area (Å²) >= 11 is 0. The van der Waals surface area contributed by atoms with E-state index in [0.29, 0.717) is 6.42 Å². The smallest absolute Gasteiger partial charge is 0.331 e. The molecule has 0 aromatic heterocycles. The number of rotatable bonds is 4. The molecule has 5 nitrogen and oxygen atoms in total. The summed E-state index contributed by atoms with van der Waals surface area (Å²) in [5.74, 6) is -0.375. The number of aryl methyl sites for hydroxylation is 1. The lowest BCUT2D eigenvalue weighted by Crippen LogP contribution is -2.19. The fraction of sp³-hybridized carbons (Fsp3) is 0.500. The maximum absolute atomic E-state index is 11.2. The Bertz CT molecular complexity index is 632. The van der Waals surface area contributed by atoms with Crippen molar-refractivity contribution in [2.75, 3.05) is 13.7 Å². The summed E-state index contributed by atoms with van der Waals surface area (Å²) in [5.41, 5.74) is 5.52. The number of isocyanates is 1. The zero-order chi connectivity index (χ0) is 14.8. The Kier molecular flexibility index (Phi) is 3.86. The highest BCUT2D eigenvalue weighted by Crippen LogP contribution is 2.40. The lowest BCUT2D eigenvalue weighted by molar-refractivity contribution is -0.147. The van der Waals surface area contributed by atoms with Crippen LogP contribution in [0.4, 0.5) is 5.69 Å². The van der Waals surface area contributed by atoms with Crippen LogP contribution in [0.2, 0.25) is 0 Å². The Morgan fingerprint density at radius 1 is 1.33 bits per heavy atom. The molecule has 21 heavy (non-hydrogen) atoms. The van der Waals surface area contributed by atoms with E-state index in [1.807, 2.05) is 0 Å². The number of methoxy groups -OCH3 is 1. The highest BCUT2D eigenvalue weighted by molar-refractivity contribution is 5.70. The predicted molar refractivity (Wildman–Crippen MR) is 75.4 cm³/mol. The van der Waals surface area contributed by atoms with E-state index in [9.17, 15) is 9.59 Å². The molecule has 0 bridgehead atoms. The van der Waals surface area contributed by atoms with Gasteiger partial charge in [0.2, 0.25) is 6.08 Å². The van der Waals surface area contributed by atoms with Crippen LogP contribution < -0.4 is 0 Å². The molecular weight excluding hydrogens is 270 g/mol. The van der Waals surface area contributed by atoms with Crippen LogP contribution >= 0.6 is 0 Å². The lowest BCUT2D eigenvalue weighted by Gasteiger charge is -2.10. The van der Waals surface area contributed by atoms with Crippen molar-refractivity contribution < 1.29 is 19.1 Å². The van der Waals surface area contributed by atoms with E-state index in [-0.39, 0.29) is 18.7 Å². The van der Waals surface area contributed by atoms with Gasteiger partial charge in [-0.25, -0.2) is 9.59 Å². The van der Waals surface area contributed by atoms with E-state index in [0.717, 1.165) is 36.9 Å². The Morgan fingerprint density at radius 2 is 2.19 bits per heavy atom. The number of aliphatic imine (C=N–C) groups is 1. The molecule has 0 aliphatic heterocycles. The van der Waals surface area contributed by atoms with Gasteiger partial charge in [0.15, 0.2) is 0 Å². The van der Waals surface area contributed by atoms with E-state index in [1.54, 1.807) is 6.08 Å². The molecule has 1 aromatic carbocycles. The molecular formula is C16H17NO4. The van der Waals surface area contributed by atoms with Crippen LogP contribution in [-0.4, -0.2) is 31.9 Å². The van der Waals surface area contributed by atoms with Gasteiger partial charge in [-0.2, -0.15) is 4.99 Å². The molecule has 0 radical (unpaired) electrons. The molecule has 0 N–H and O–H groups in total. The summed E-state index contributed by atoms with van der Waals surface area (Å²) in [6, 6.07) is 2.21. The van der Waals surface area contributed by atoms with E-state index in [2.05, 4.69) is 15.8 Å². The molecule has 5 heteroatoms. The number of fused-ring (bicyclic) bond motifs is 2. The molecule has 0 spiro atoms. The fourth-order valence-electron chi connectivity index (χ4n) is 3.33. The third kappa shape index (κ3) is 2.62. The van der Waals surface area contributed by atoms with Gasteiger partial charge in [0.1, 0.15) is 6.61 Å². The summed E-state index contributed by atoms with van der Waals surface area (Å²) in [6.45, 7) is -0.0405. The van der Waals surface area contributed by atoms with Gasteiger partial charge in [-0.1, -0.05) is 6.07 Å². The van der Waals surface area contributed by atoms with Crippen LogP contribution in [-0.2, 0) is 44.7 Å². The summed E-state index contributed by atoms with van der Waals surface area (Å²) < 4.78 is 10.2. The van der Waals surface area contributed by atoms with Crippen LogP contribution in [0.15, 0.2) is 11.1 Å². The first-order chi connectivity index (χ1) is 10.2. The fourth-order valence-corrected chi connectivity index (χ4v) is 3.33. The SMILES string of the molecule is COC(=O)COC1Cc2cc3c(c(N=C=O)c2C1)CCC3. The van der Waals surface area contributed by atoms with Gasteiger partial charge in [0, 0.05) is 6.42 Å². The van der Waals surface area contributed by atoms with Crippen molar-refractivity contribution in [3.8, 4) is 0 Å². The van der Waals surface area contributed by atoms with Crippen molar-refractivity contribution in [1.82, 2.24) is 0 Å². The van der Waals surface area contributed by atoms with Crippen LogP contribution in [0, 0.1) is 0 Å².